The summed E-state index contributed by atoms with van der Waals surface area (Å²) in [4.78, 5) is 20.7. The van der Waals surface area contributed by atoms with E-state index in [2.05, 4.69) is 42.3 Å². The van der Waals surface area contributed by atoms with Crippen LogP contribution in [0.15, 0.2) is 27.3 Å². The third kappa shape index (κ3) is 2.77. The van der Waals surface area contributed by atoms with E-state index < -0.39 is 0 Å². The van der Waals surface area contributed by atoms with Crippen LogP contribution in [0.4, 0.5) is 0 Å². The number of aromatic amines is 1. The zero-order valence-corrected chi connectivity index (χ0v) is 13.9. The second-order valence-corrected chi connectivity index (χ2v) is 6.68. The van der Waals surface area contributed by atoms with Crippen LogP contribution in [-0.4, -0.2) is 17.0 Å². The van der Waals surface area contributed by atoms with Gasteiger partial charge < -0.3 is 4.98 Å². The van der Waals surface area contributed by atoms with Gasteiger partial charge in [-0.05, 0) is 56.8 Å². The monoisotopic (exact) mass is 400 g/mol. The number of rotatable bonds is 3. The van der Waals surface area contributed by atoms with Crippen molar-refractivity contribution in [3.63, 3.8) is 0 Å². The Morgan fingerprint density at radius 1 is 1.25 bits per heavy atom. The molecule has 2 aromatic rings. The van der Waals surface area contributed by atoms with Gasteiger partial charge in [0.15, 0.2) is 0 Å². The zero-order valence-electron chi connectivity index (χ0n) is 10.7. The van der Waals surface area contributed by atoms with Crippen molar-refractivity contribution in [2.45, 2.75) is 31.8 Å². The molecule has 0 unspecified atom stereocenters. The summed E-state index contributed by atoms with van der Waals surface area (Å²) in [6.07, 6.45) is 6.25. The predicted molar refractivity (Wildman–Crippen MR) is 84.5 cm³/mol. The van der Waals surface area contributed by atoms with Gasteiger partial charge in [-0.3, -0.25) is 9.63 Å². The molecular formula is C14H14Br2N2O2. The molecule has 1 aliphatic carbocycles. The number of nitrogens with one attached hydrogen (secondary N) is 2. The summed E-state index contributed by atoms with van der Waals surface area (Å²) in [5, 5.41) is 0.868. The number of fused-ring (bicyclic) bond motifs is 1. The first kappa shape index (κ1) is 14.1. The van der Waals surface area contributed by atoms with Crippen LogP contribution < -0.4 is 5.48 Å². The zero-order chi connectivity index (χ0) is 14.1. The summed E-state index contributed by atoms with van der Waals surface area (Å²) in [5.74, 6) is -0.211. The molecular weight excluding hydrogens is 388 g/mol. The van der Waals surface area contributed by atoms with Crippen LogP contribution in [0, 0.1) is 0 Å². The van der Waals surface area contributed by atoms with Crippen molar-refractivity contribution in [3.05, 3.63) is 32.8 Å². The van der Waals surface area contributed by atoms with E-state index in [1.165, 1.54) is 12.8 Å². The molecule has 0 spiro atoms. The van der Waals surface area contributed by atoms with Gasteiger partial charge in [0.2, 0.25) is 0 Å². The van der Waals surface area contributed by atoms with Gasteiger partial charge in [-0.2, -0.15) is 0 Å². The lowest BCUT2D eigenvalue weighted by molar-refractivity contribution is -0.0123. The van der Waals surface area contributed by atoms with Crippen LogP contribution in [-0.2, 0) is 4.84 Å². The highest BCUT2D eigenvalue weighted by atomic mass is 79.9. The molecule has 1 aromatic heterocycles. The first-order valence-electron chi connectivity index (χ1n) is 6.57. The Bertz CT molecular complexity index is 648. The van der Waals surface area contributed by atoms with Gasteiger partial charge in [-0.1, -0.05) is 12.8 Å². The van der Waals surface area contributed by atoms with E-state index in [9.17, 15) is 4.79 Å². The molecule has 0 aliphatic heterocycles. The molecule has 106 valence electrons. The molecule has 20 heavy (non-hydrogen) atoms. The normalized spacial score (nSPS) is 15.9. The molecule has 0 atom stereocenters. The van der Waals surface area contributed by atoms with Crippen molar-refractivity contribution in [1.82, 2.24) is 10.5 Å². The second-order valence-electron chi connectivity index (χ2n) is 4.97. The number of amides is 1. The fraction of sp³-hybridized carbons (Fsp3) is 0.357. The van der Waals surface area contributed by atoms with Crippen molar-refractivity contribution < 1.29 is 9.63 Å². The van der Waals surface area contributed by atoms with E-state index in [0.717, 1.165) is 32.7 Å². The minimum Gasteiger partial charge on any atom is -0.360 e. The number of aromatic nitrogens is 1. The SMILES string of the molecule is O=C(NOC1CCCC1)c1c[nH]c2cc(Br)c(Br)cc12. The lowest BCUT2D eigenvalue weighted by Gasteiger charge is -2.10. The first-order valence-corrected chi connectivity index (χ1v) is 8.16. The quantitative estimate of drug-likeness (QED) is 0.753. The van der Waals surface area contributed by atoms with Crippen molar-refractivity contribution in [2.75, 3.05) is 0 Å². The molecule has 1 heterocycles. The Morgan fingerprint density at radius 2 is 1.95 bits per heavy atom. The van der Waals surface area contributed by atoms with E-state index in [-0.39, 0.29) is 12.0 Å². The molecule has 4 nitrogen and oxygen atoms in total. The number of benzene rings is 1. The van der Waals surface area contributed by atoms with Gasteiger partial charge in [-0.15, -0.1) is 0 Å². The highest BCUT2D eigenvalue weighted by Crippen LogP contribution is 2.30. The van der Waals surface area contributed by atoms with E-state index in [4.69, 9.17) is 4.84 Å². The highest BCUT2D eigenvalue weighted by Gasteiger charge is 2.19. The van der Waals surface area contributed by atoms with Crippen LogP contribution in [0.1, 0.15) is 36.0 Å². The number of carbonyl (C=O) groups excluding carboxylic acids is 1. The van der Waals surface area contributed by atoms with Gasteiger partial charge in [0, 0.05) is 26.0 Å². The van der Waals surface area contributed by atoms with E-state index >= 15 is 0 Å². The summed E-state index contributed by atoms with van der Waals surface area (Å²) >= 11 is 6.90. The number of halogens is 2. The molecule has 6 heteroatoms. The number of hydrogen-bond donors (Lipinski definition) is 2. The molecule has 1 aliphatic rings. The van der Waals surface area contributed by atoms with Crippen molar-refractivity contribution >= 4 is 48.7 Å². The van der Waals surface area contributed by atoms with Gasteiger partial charge in [0.25, 0.3) is 5.91 Å². The molecule has 1 fully saturated rings. The summed E-state index contributed by atoms with van der Waals surface area (Å²) in [6.45, 7) is 0. The highest BCUT2D eigenvalue weighted by molar-refractivity contribution is 9.13. The van der Waals surface area contributed by atoms with Crippen molar-refractivity contribution in [1.29, 1.82) is 0 Å². The predicted octanol–water partition coefficient (Wildman–Crippen LogP) is 4.30. The largest absolute Gasteiger partial charge is 0.360 e. The van der Waals surface area contributed by atoms with E-state index in [0.29, 0.717) is 5.56 Å². The van der Waals surface area contributed by atoms with Crippen LogP contribution in [0.2, 0.25) is 0 Å². The second kappa shape index (κ2) is 5.87. The summed E-state index contributed by atoms with van der Waals surface area (Å²) in [7, 11) is 0. The maximum Gasteiger partial charge on any atom is 0.277 e. The Hall–Kier alpha value is -0.850. The van der Waals surface area contributed by atoms with Gasteiger partial charge in [0.05, 0.1) is 11.7 Å². The molecule has 1 aromatic carbocycles. The molecule has 1 amide bonds. The Kier molecular flexibility index (Phi) is 4.14. The van der Waals surface area contributed by atoms with Crippen LogP contribution in [0.3, 0.4) is 0 Å². The Balaban J connectivity index is 1.78. The van der Waals surface area contributed by atoms with Crippen molar-refractivity contribution in [3.8, 4) is 0 Å². The fourth-order valence-corrected chi connectivity index (χ4v) is 3.19. The minimum absolute atomic E-state index is 0.157. The van der Waals surface area contributed by atoms with E-state index in [1.54, 1.807) is 6.20 Å². The van der Waals surface area contributed by atoms with Crippen LogP contribution in [0.25, 0.3) is 10.9 Å². The van der Waals surface area contributed by atoms with Gasteiger partial charge in [-0.25, -0.2) is 5.48 Å². The summed E-state index contributed by atoms with van der Waals surface area (Å²) in [5.41, 5.74) is 4.06. The smallest absolute Gasteiger partial charge is 0.277 e. The molecule has 0 bridgehead atoms. The van der Waals surface area contributed by atoms with Crippen LogP contribution >= 0.6 is 31.9 Å². The number of H-pyrrole nitrogens is 1. The Labute approximate surface area is 133 Å². The number of hydrogen-bond acceptors (Lipinski definition) is 2. The average molecular weight is 402 g/mol. The molecule has 3 rings (SSSR count). The lowest BCUT2D eigenvalue weighted by Crippen LogP contribution is -2.28. The van der Waals surface area contributed by atoms with Crippen LogP contribution in [0.5, 0.6) is 0 Å². The van der Waals surface area contributed by atoms with Crippen molar-refractivity contribution in [2.24, 2.45) is 0 Å². The number of carbonyl (C=O) groups is 1. The third-order valence-corrected chi connectivity index (χ3v) is 5.43. The van der Waals surface area contributed by atoms with Gasteiger partial charge in [0.1, 0.15) is 0 Å². The topological polar surface area (TPSA) is 54.1 Å². The fourth-order valence-electron chi connectivity index (χ4n) is 2.50. The Morgan fingerprint density at radius 3 is 2.70 bits per heavy atom. The summed E-state index contributed by atoms with van der Waals surface area (Å²) in [6, 6.07) is 3.86. The molecule has 2 N–H and O–H groups in total. The molecule has 0 radical (unpaired) electrons. The van der Waals surface area contributed by atoms with E-state index in [1.807, 2.05) is 12.1 Å². The average Bonchev–Trinajstić information content (AvgIpc) is 3.06. The molecule has 0 saturated heterocycles. The minimum atomic E-state index is -0.211. The lowest BCUT2D eigenvalue weighted by atomic mass is 10.2. The standard InChI is InChI=1S/C14H14Br2N2O2/c15-11-5-9-10(7-17-13(9)6-12(11)16)14(19)18-20-8-3-1-2-4-8/h5-8,17H,1-4H2,(H,18,19). The molecule has 1 saturated carbocycles. The maximum atomic E-state index is 12.2. The maximum absolute atomic E-state index is 12.2. The first-order chi connectivity index (χ1) is 9.65. The van der Waals surface area contributed by atoms with Gasteiger partial charge >= 0.3 is 0 Å². The summed E-state index contributed by atoms with van der Waals surface area (Å²) < 4.78 is 1.86. The third-order valence-electron chi connectivity index (χ3n) is 3.59. The number of hydroxylamine groups is 1.